The van der Waals surface area contributed by atoms with Gasteiger partial charge in [0.25, 0.3) is 23.4 Å². The van der Waals surface area contributed by atoms with Crippen LogP contribution in [0.15, 0.2) is 66.7 Å². The van der Waals surface area contributed by atoms with Crippen molar-refractivity contribution < 1.29 is 24.1 Å². The summed E-state index contributed by atoms with van der Waals surface area (Å²) in [5, 5.41) is 14.5. The summed E-state index contributed by atoms with van der Waals surface area (Å²) in [7, 11) is 0. The van der Waals surface area contributed by atoms with Crippen LogP contribution in [0.2, 0.25) is 0 Å². The number of nitrogens with one attached hydrogen (secondary N) is 1. The van der Waals surface area contributed by atoms with Gasteiger partial charge in [-0.15, -0.1) is 0 Å². The van der Waals surface area contributed by atoms with Gasteiger partial charge in [0.2, 0.25) is 5.91 Å². The molecular weight excluding hydrogens is 512 g/mol. The zero-order valence-corrected chi connectivity index (χ0v) is 22.7. The highest BCUT2D eigenvalue weighted by Gasteiger charge is 2.45. The SMILES string of the molecule is CC[C@@H](C(=O)N(CC)[C@H](C(=O)Nc1c(C)cccc1C)c1cccc([N+](=O)[O-])c1)N1C(=O)c2ccccc2C1=O. The molecule has 0 radical (unpaired) electrons. The first kappa shape index (κ1) is 28.2. The van der Waals surface area contributed by atoms with Crippen molar-refractivity contribution in [2.24, 2.45) is 0 Å². The summed E-state index contributed by atoms with van der Waals surface area (Å²) in [6.45, 7) is 7.06. The average Bonchev–Trinajstić information content (AvgIpc) is 3.19. The second kappa shape index (κ2) is 11.5. The van der Waals surface area contributed by atoms with E-state index in [1.165, 1.54) is 35.2 Å². The molecule has 4 amide bonds. The lowest BCUT2D eigenvalue weighted by Gasteiger charge is -2.35. The number of benzene rings is 3. The molecule has 0 aliphatic carbocycles. The van der Waals surface area contributed by atoms with E-state index < -0.39 is 40.6 Å². The van der Waals surface area contributed by atoms with Crippen molar-refractivity contribution in [3.8, 4) is 0 Å². The summed E-state index contributed by atoms with van der Waals surface area (Å²) in [6, 6.07) is 15.0. The van der Waals surface area contributed by atoms with Gasteiger partial charge >= 0.3 is 0 Å². The molecule has 0 spiro atoms. The van der Waals surface area contributed by atoms with E-state index in [2.05, 4.69) is 5.32 Å². The molecule has 206 valence electrons. The van der Waals surface area contributed by atoms with Gasteiger partial charge in [-0.2, -0.15) is 0 Å². The van der Waals surface area contributed by atoms with Gasteiger partial charge in [0.1, 0.15) is 12.1 Å². The molecule has 0 aromatic heterocycles. The van der Waals surface area contributed by atoms with Gasteiger partial charge < -0.3 is 10.2 Å². The largest absolute Gasteiger partial charge is 0.325 e. The first-order valence-electron chi connectivity index (χ1n) is 13.0. The lowest BCUT2D eigenvalue weighted by atomic mass is 10.0. The van der Waals surface area contributed by atoms with Gasteiger partial charge in [-0.1, -0.05) is 49.4 Å². The fourth-order valence-corrected chi connectivity index (χ4v) is 5.10. The van der Waals surface area contributed by atoms with Crippen LogP contribution in [-0.2, 0) is 9.59 Å². The number of aryl methyl sites for hydroxylation is 2. The smallest absolute Gasteiger partial charge is 0.269 e. The second-order valence-electron chi connectivity index (χ2n) is 9.58. The highest BCUT2D eigenvalue weighted by molar-refractivity contribution is 6.23. The van der Waals surface area contributed by atoms with Crippen molar-refractivity contribution in [3.05, 3.63) is 105 Å². The Balaban J connectivity index is 1.77. The number of imide groups is 1. The topological polar surface area (TPSA) is 130 Å². The summed E-state index contributed by atoms with van der Waals surface area (Å²) in [5.74, 6) is -2.36. The van der Waals surface area contributed by atoms with E-state index in [0.29, 0.717) is 5.69 Å². The Hall–Kier alpha value is -4.86. The molecule has 40 heavy (non-hydrogen) atoms. The number of para-hydroxylation sites is 1. The van der Waals surface area contributed by atoms with Crippen molar-refractivity contribution in [1.82, 2.24) is 9.80 Å². The van der Waals surface area contributed by atoms with Gasteiger partial charge in [-0.25, -0.2) is 0 Å². The normalized spacial score (nSPS) is 13.9. The van der Waals surface area contributed by atoms with Crippen LogP contribution in [0.4, 0.5) is 11.4 Å². The Morgan fingerprint density at radius 2 is 1.50 bits per heavy atom. The van der Waals surface area contributed by atoms with E-state index >= 15 is 0 Å². The Morgan fingerprint density at radius 1 is 0.925 bits per heavy atom. The minimum atomic E-state index is -1.28. The van der Waals surface area contributed by atoms with Gasteiger partial charge in [-0.05, 0) is 56.0 Å². The molecule has 4 rings (SSSR count). The Labute approximate surface area is 231 Å². The van der Waals surface area contributed by atoms with Gasteiger partial charge in [0.05, 0.1) is 16.1 Å². The molecule has 0 fully saturated rings. The van der Waals surface area contributed by atoms with Crippen molar-refractivity contribution in [2.75, 3.05) is 11.9 Å². The van der Waals surface area contributed by atoms with Crippen LogP contribution >= 0.6 is 0 Å². The van der Waals surface area contributed by atoms with Gasteiger partial charge in [-0.3, -0.25) is 34.2 Å². The van der Waals surface area contributed by atoms with E-state index in [-0.39, 0.29) is 35.3 Å². The van der Waals surface area contributed by atoms with Crippen molar-refractivity contribution in [2.45, 2.75) is 46.2 Å². The number of carbonyl (C=O) groups excluding carboxylic acids is 4. The third-order valence-corrected chi connectivity index (χ3v) is 7.12. The number of nitro groups is 1. The summed E-state index contributed by atoms with van der Waals surface area (Å²) in [6.07, 6.45) is 0.112. The fraction of sp³-hybridized carbons (Fsp3) is 0.267. The number of nitro benzene ring substituents is 1. The lowest BCUT2D eigenvalue weighted by Crippen LogP contribution is -2.53. The predicted molar refractivity (Wildman–Crippen MR) is 149 cm³/mol. The molecule has 0 saturated carbocycles. The monoisotopic (exact) mass is 542 g/mol. The number of nitrogens with zero attached hydrogens (tertiary/aromatic N) is 3. The number of non-ortho nitro benzene ring substituents is 1. The quantitative estimate of drug-likeness (QED) is 0.235. The molecule has 1 aliphatic heterocycles. The predicted octanol–water partition coefficient (Wildman–Crippen LogP) is 4.81. The molecule has 0 unspecified atom stereocenters. The maximum atomic E-state index is 14.1. The van der Waals surface area contributed by atoms with Crippen molar-refractivity contribution >= 4 is 35.0 Å². The molecule has 10 heteroatoms. The number of rotatable bonds is 9. The van der Waals surface area contributed by atoms with Crippen LogP contribution in [0, 0.1) is 24.0 Å². The van der Waals surface area contributed by atoms with Crippen molar-refractivity contribution in [1.29, 1.82) is 0 Å². The minimum absolute atomic E-state index is 0.0338. The zero-order valence-electron chi connectivity index (χ0n) is 22.7. The number of fused-ring (bicyclic) bond motifs is 1. The highest BCUT2D eigenvalue weighted by Crippen LogP contribution is 2.31. The molecule has 2 atom stereocenters. The molecule has 3 aromatic carbocycles. The number of hydrogen-bond donors (Lipinski definition) is 1. The number of amides is 4. The van der Waals surface area contributed by atoms with E-state index in [4.69, 9.17) is 0 Å². The molecule has 1 aliphatic rings. The van der Waals surface area contributed by atoms with E-state index in [1.54, 1.807) is 32.0 Å². The molecule has 1 N–H and O–H groups in total. The van der Waals surface area contributed by atoms with Gasteiger partial charge in [0.15, 0.2) is 0 Å². The Kier molecular flexibility index (Phi) is 8.08. The fourth-order valence-electron chi connectivity index (χ4n) is 5.10. The van der Waals surface area contributed by atoms with E-state index in [0.717, 1.165) is 16.0 Å². The molecule has 1 heterocycles. The molecular formula is C30H30N4O6. The number of likely N-dealkylation sites (N-methyl/N-ethyl adjacent to an activating group) is 1. The summed E-state index contributed by atoms with van der Waals surface area (Å²) in [5.41, 5.74) is 2.59. The first-order valence-corrected chi connectivity index (χ1v) is 13.0. The van der Waals surface area contributed by atoms with Gasteiger partial charge in [0, 0.05) is 24.4 Å². The highest BCUT2D eigenvalue weighted by atomic mass is 16.6. The zero-order chi connectivity index (χ0) is 29.1. The van der Waals surface area contributed by atoms with Crippen LogP contribution < -0.4 is 5.32 Å². The minimum Gasteiger partial charge on any atom is -0.325 e. The Bertz CT molecular complexity index is 1460. The summed E-state index contributed by atoms with van der Waals surface area (Å²) >= 11 is 0. The van der Waals surface area contributed by atoms with Crippen LogP contribution in [0.1, 0.15) is 63.7 Å². The average molecular weight is 543 g/mol. The molecule has 0 bridgehead atoms. The van der Waals surface area contributed by atoms with Crippen molar-refractivity contribution in [3.63, 3.8) is 0 Å². The second-order valence-corrected chi connectivity index (χ2v) is 9.58. The molecule has 10 nitrogen and oxygen atoms in total. The van der Waals surface area contributed by atoms with E-state index in [9.17, 15) is 29.3 Å². The number of hydrogen-bond acceptors (Lipinski definition) is 6. The first-order chi connectivity index (χ1) is 19.1. The maximum absolute atomic E-state index is 14.1. The number of carbonyl (C=O) groups is 4. The maximum Gasteiger partial charge on any atom is 0.269 e. The number of anilines is 1. The summed E-state index contributed by atoms with van der Waals surface area (Å²) < 4.78 is 0. The molecule has 0 saturated heterocycles. The lowest BCUT2D eigenvalue weighted by molar-refractivity contribution is -0.384. The van der Waals surface area contributed by atoms with Crippen LogP contribution in [0.5, 0.6) is 0 Å². The van der Waals surface area contributed by atoms with Crippen LogP contribution in [0.3, 0.4) is 0 Å². The van der Waals surface area contributed by atoms with Crippen LogP contribution in [-0.4, -0.2) is 50.9 Å². The Morgan fingerprint density at radius 3 is 2.02 bits per heavy atom. The molecule has 3 aromatic rings. The van der Waals surface area contributed by atoms with E-state index in [1.807, 2.05) is 32.0 Å². The third-order valence-electron chi connectivity index (χ3n) is 7.12. The summed E-state index contributed by atoms with van der Waals surface area (Å²) in [4.78, 5) is 67.7. The third kappa shape index (κ3) is 5.07. The van der Waals surface area contributed by atoms with Crippen LogP contribution in [0.25, 0.3) is 0 Å². The standard InChI is InChI=1S/C30H30N4O6/c1-5-24(33-28(36)22-15-7-8-16-23(22)29(33)37)30(38)32(6-2)26(20-13-10-14-21(17-20)34(39)40)27(35)31-25-18(3)11-9-12-19(25)4/h7-17,24,26H,5-6H2,1-4H3,(H,31,35)/t24-,26-/m0/s1.